The van der Waals surface area contributed by atoms with Crippen LogP contribution in [0.15, 0.2) is 30.5 Å². The number of hydrogen-bond acceptors (Lipinski definition) is 3. The summed E-state index contributed by atoms with van der Waals surface area (Å²) >= 11 is 0. The topological polar surface area (TPSA) is 82.3 Å². The first-order chi connectivity index (χ1) is 9.87. The van der Waals surface area contributed by atoms with Crippen LogP contribution in [0.25, 0.3) is 10.9 Å². The highest BCUT2D eigenvalue weighted by atomic mass is 32.2. The Labute approximate surface area is 124 Å². The molecule has 1 amide bonds. The van der Waals surface area contributed by atoms with Gasteiger partial charge in [-0.15, -0.1) is 0 Å². The molecule has 114 valence electrons. The molecule has 0 unspecified atom stereocenters. The zero-order chi connectivity index (χ0) is 15.5. The number of carbonyl (C=O) groups excluding carboxylic acids is 1. The van der Waals surface area contributed by atoms with Crippen molar-refractivity contribution in [2.75, 3.05) is 26.4 Å². The van der Waals surface area contributed by atoms with Crippen molar-refractivity contribution in [2.24, 2.45) is 0 Å². The highest BCUT2D eigenvalue weighted by Gasteiger charge is 2.13. The van der Waals surface area contributed by atoms with E-state index < -0.39 is 10.0 Å². The number of likely N-dealkylation sites (N-methyl/N-ethyl adjacent to an activating group) is 1. The number of nitrogens with one attached hydrogen (secondary N) is 2. The van der Waals surface area contributed by atoms with Gasteiger partial charge >= 0.3 is 0 Å². The molecular weight excluding hydrogens is 290 g/mol. The maximum absolute atomic E-state index is 12.1. The fourth-order valence-corrected chi connectivity index (χ4v) is 2.56. The standard InChI is InChI=1S/C14H19N3O3S/c1-17(8-7-16-21(2,19)20)14(18)9-11-10-15-13-6-4-3-5-12(11)13/h3-6,10,15-16H,7-9H2,1-2H3. The van der Waals surface area contributed by atoms with E-state index in [2.05, 4.69) is 9.71 Å². The number of rotatable bonds is 6. The Morgan fingerprint density at radius 1 is 1.33 bits per heavy atom. The van der Waals surface area contributed by atoms with E-state index in [9.17, 15) is 13.2 Å². The third-order valence-corrected chi connectivity index (χ3v) is 3.98. The van der Waals surface area contributed by atoms with Crippen molar-refractivity contribution >= 4 is 26.8 Å². The number of fused-ring (bicyclic) bond motifs is 1. The number of aromatic amines is 1. The van der Waals surface area contributed by atoms with Crippen LogP contribution in [0, 0.1) is 0 Å². The van der Waals surface area contributed by atoms with Gasteiger partial charge in [0.15, 0.2) is 0 Å². The van der Waals surface area contributed by atoms with Crippen LogP contribution in [0.2, 0.25) is 0 Å². The molecule has 0 aliphatic carbocycles. The molecular formula is C14H19N3O3S. The number of para-hydroxylation sites is 1. The second kappa shape index (κ2) is 6.28. The lowest BCUT2D eigenvalue weighted by Gasteiger charge is -2.17. The molecule has 1 aromatic heterocycles. The Kier molecular flexibility index (Phi) is 4.64. The first kappa shape index (κ1) is 15.5. The molecule has 21 heavy (non-hydrogen) atoms. The summed E-state index contributed by atoms with van der Waals surface area (Å²) < 4.78 is 24.3. The molecule has 2 N–H and O–H groups in total. The van der Waals surface area contributed by atoms with E-state index >= 15 is 0 Å². The highest BCUT2D eigenvalue weighted by molar-refractivity contribution is 7.88. The van der Waals surface area contributed by atoms with Gasteiger partial charge in [-0.2, -0.15) is 0 Å². The Morgan fingerprint density at radius 2 is 2.05 bits per heavy atom. The van der Waals surface area contributed by atoms with Crippen molar-refractivity contribution in [1.29, 1.82) is 0 Å². The van der Waals surface area contributed by atoms with E-state index in [1.165, 1.54) is 4.90 Å². The van der Waals surface area contributed by atoms with Gasteiger partial charge in [0, 0.05) is 37.2 Å². The summed E-state index contributed by atoms with van der Waals surface area (Å²) in [5.41, 5.74) is 1.94. The van der Waals surface area contributed by atoms with Gasteiger partial charge in [-0.1, -0.05) is 18.2 Å². The van der Waals surface area contributed by atoms with Crippen molar-refractivity contribution < 1.29 is 13.2 Å². The predicted molar refractivity (Wildman–Crippen MR) is 82.5 cm³/mol. The van der Waals surface area contributed by atoms with Crippen LogP contribution in [0.3, 0.4) is 0 Å². The first-order valence-electron chi connectivity index (χ1n) is 6.60. The number of hydrogen-bond donors (Lipinski definition) is 2. The lowest BCUT2D eigenvalue weighted by atomic mass is 10.1. The number of amides is 1. The molecule has 0 aliphatic heterocycles. The fourth-order valence-electron chi connectivity index (χ4n) is 2.10. The zero-order valence-corrected chi connectivity index (χ0v) is 12.9. The number of benzene rings is 1. The van der Waals surface area contributed by atoms with Crippen LogP contribution >= 0.6 is 0 Å². The second-order valence-electron chi connectivity index (χ2n) is 5.02. The summed E-state index contributed by atoms with van der Waals surface area (Å²) in [5, 5.41) is 1.04. The Morgan fingerprint density at radius 3 is 2.76 bits per heavy atom. The van der Waals surface area contributed by atoms with Crippen molar-refractivity contribution in [3.63, 3.8) is 0 Å². The molecule has 7 heteroatoms. The lowest BCUT2D eigenvalue weighted by Crippen LogP contribution is -2.36. The van der Waals surface area contributed by atoms with Gasteiger partial charge in [0.2, 0.25) is 15.9 Å². The normalized spacial score (nSPS) is 11.7. The van der Waals surface area contributed by atoms with E-state index in [4.69, 9.17) is 0 Å². The van der Waals surface area contributed by atoms with Gasteiger partial charge in [0.05, 0.1) is 12.7 Å². The maximum Gasteiger partial charge on any atom is 0.226 e. The van der Waals surface area contributed by atoms with E-state index in [1.807, 2.05) is 30.5 Å². The average molecular weight is 309 g/mol. The van der Waals surface area contributed by atoms with E-state index in [-0.39, 0.29) is 12.5 Å². The molecule has 0 bridgehead atoms. The molecule has 0 radical (unpaired) electrons. The monoisotopic (exact) mass is 309 g/mol. The minimum Gasteiger partial charge on any atom is -0.361 e. The van der Waals surface area contributed by atoms with E-state index in [0.717, 1.165) is 22.7 Å². The number of sulfonamides is 1. The maximum atomic E-state index is 12.1. The third kappa shape index (κ3) is 4.30. The van der Waals surface area contributed by atoms with Crippen LogP contribution in [-0.2, 0) is 21.2 Å². The molecule has 1 heterocycles. The molecule has 0 aliphatic rings. The van der Waals surface area contributed by atoms with Crippen LogP contribution in [0.5, 0.6) is 0 Å². The number of nitrogens with zero attached hydrogens (tertiary/aromatic N) is 1. The molecule has 0 atom stereocenters. The molecule has 0 saturated carbocycles. The summed E-state index contributed by atoms with van der Waals surface area (Å²) in [4.78, 5) is 16.8. The van der Waals surface area contributed by atoms with Crippen molar-refractivity contribution in [3.8, 4) is 0 Å². The summed E-state index contributed by atoms with van der Waals surface area (Å²) in [6, 6.07) is 7.81. The molecule has 6 nitrogen and oxygen atoms in total. The van der Waals surface area contributed by atoms with Crippen LogP contribution < -0.4 is 4.72 Å². The molecule has 2 rings (SSSR count). The zero-order valence-electron chi connectivity index (χ0n) is 12.1. The third-order valence-electron chi connectivity index (χ3n) is 3.25. The number of H-pyrrole nitrogens is 1. The predicted octanol–water partition coefficient (Wildman–Crippen LogP) is 0.718. The minimum atomic E-state index is -3.22. The molecule has 0 spiro atoms. The number of aromatic nitrogens is 1. The highest BCUT2D eigenvalue weighted by Crippen LogP contribution is 2.18. The molecule has 0 fully saturated rings. The van der Waals surface area contributed by atoms with Crippen LogP contribution in [0.1, 0.15) is 5.56 Å². The van der Waals surface area contributed by atoms with Gasteiger partial charge in [0.1, 0.15) is 0 Å². The fraction of sp³-hybridized carbons (Fsp3) is 0.357. The summed E-state index contributed by atoms with van der Waals surface area (Å²) in [5.74, 6) is -0.0462. The quantitative estimate of drug-likeness (QED) is 0.825. The van der Waals surface area contributed by atoms with Crippen LogP contribution in [0.4, 0.5) is 0 Å². The Balaban J connectivity index is 1.94. The lowest BCUT2D eigenvalue weighted by molar-refractivity contribution is -0.129. The van der Waals surface area contributed by atoms with Gasteiger partial charge in [-0.25, -0.2) is 13.1 Å². The summed E-state index contributed by atoms with van der Waals surface area (Å²) in [6.45, 7) is 0.559. The second-order valence-corrected chi connectivity index (χ2v) is 6.85. The summed E-state index contributed by atoms with van der Waals surface area (Å²) in [6.07, 6.45) is 3.23. The van der Waals surface area contributed by atoms with Gasteiger partial charge in [-0.05, 0) is 11.6 Å². The van der Waals surface area contributed by atoms with Crippen molar-refractivity contribution in [3.05, 3.63) is 36.0 Å². The number of carbonyl (C=O) groups is 1. The first-order valence-corrected chi connectivity index (χ1v) is 8.49. The van der Waals surface area contributed by atoms with E-state index in [1.54, 1.807) is 7.05 Å². The van der Waals surface area contributed by atoms with Crippen LogP contribution in [-0.4, -0.2) is 50.6 Å². The van der Waals surface area contributed by atoms with Gasteiger partial charge in [-0.3, -0.25) is 4.79 Å². The Bertz CT molecular complexity index is 737. The Hall–Kier alpha value is -1.86. The molecule has 2 aromatic rings. The van der Waals surface area contributed by atoms with Crippen molar-refractivity contribution in [1.82, 2.24) is 14.6 Å². The SMILES string of the molecule is CN(CCNS(C)(=O)=O)C(=O)Cc1c[nH]c2ccccc12. The van der Waals surface area contributed by atoms with Crippen molar-refractivity contribution in [2.45, 2.75) is 6.42 Å². The van der Waals surface area contributed by atoms with Gasteiger partial charge < -0.3 is 9.88 Å². The molecule has 0 saturated heterocycles. The van der Waals surface area contributed by atoms with Gasteiger partial charge in [0.25, 0.3) is 0 Å². The minimum absolute atomic E-state index is 0.0462. The summed E-state index contributed by atoms with van der Waals surface area (Å²) in [7, 11) is -1.55. The van der Waals surface area contributed by atoms with E-state index in [0.29, 0.717) is 13.0 Å². The smallest absolute Gasteiger partial charge is 0.226 e. The molecule has 1 aromatic carbocycles. The largest absolute Gasteiger partial charge is 0.361 e. The average Bonchev–Trinajstić information content (AvgIpc) is 2.80.